The Labute approximate surface area is 161 Å². The van der Waals surface area contributed by atoms with Crippen molar-refractivity contribution in [3.8, 4) is 17.2 Å². The lowest BCUT2D eigenvalue weighted by Crippen LogP contribution is -2.40. The zero-order chi connectivity index (χ0) is 19.8. The molecular formula is C22H29NO4. The van der Waals surface area contributed by atoms with Crippen molar-refractivity contribution < 1.29 is 19.0 Å². The lowest BCUT2D eigenvalue weighted by atomic mass is 10.0. The number of aryl methyl sites for hydroxylation is 1. The van der Waals surface area contributed by atoms with Gasteiger partial charge in [0.05, 0.1) is 20.3 Å². The van der Waals surface area contributed by atoms with Gasteiger partial charge in [0.1, 0.15) is 5.75 Å². The number of ether oxygens (including phenoxy) is 3. The summed E-state index contributed by atoms with van der Waals surface area (Å²) in [5.41, 5.74) is 2.09. The molecule has 0 aliphatic carbocycles. The van der Waals surface area contributed by atoms with Crippen LogP contribution in [0.1, 0.15) is 43.9 Å². The minimum absolute atomic E-state index is 0.0857. The van der Waals surface area contributed by atoms with Crippen LogP contribution in [0.3, 0.4) is 0 Å². The van der Waals surface area contributed by atoms with Crippen molar-refractivity contribution >= 4 is 5.91 Å². The highest BCUT2D eigenvalue weighted by molar-refractivity contribution is 5.81. The molecule has 0 saturated heterocycles. The number of benzene rings is 2. The maximum atomic E-state index is 12.8. The Bertz CT molecular complexity index is 760. The second kappa shape index (κ2) is 9.86. The molecule has 0 aliphatic heterocycles. The molecule has 5 nitrogen and oxygen atoms in total. The fourth-order valence-electron chi connectivity index (χ4n) is 3.00. The van der Waals surface area contributed by atoms with Crippen LogP contribution >= 0.6 is 0 Å². The molecule has 0 heterocycles. The normalized spacial score (nSPS) is 12.8. The van der Waals surface area contributed by atoms with E-state index >= 15 is 0 Å². The van der Waals surface area contributed by atoms with Gasteiger partial charge in [-0.1, -0.05) is 38.1 Å². The Balaban J connectivity index is 2.13. The molecule has 0 saturated carbocycles. The van der Waals surface area contributed by atoms with E-state index in [0.29, 0.717) is 17.9 Å². The third-order valence-electron chi connectivity index (χ3n) is 4.55. The molecule has 146 valence electrons. The quantitative estimate of drug-likeness (QED) is 0.708. The molecule has 0 fully saturated rings. The summed E-state index contributed by atoms with van der Waals surface area (Å²) in [6.07, 6.45) is 0.750. The van der Waals surface area contributed by atoms with Crippen molar-refractivity contribution in [1.82, 2.24) is 5.32 Å². The summed E-state index contributed by atoms with van der Waals surface area (Å²) in [5, 5.41) is 3.11. The van der Waals surface area contributed by atoms with Gasteiger partial charge in [0.25, 0.3) is 5.91 Å². The first-order valence-electron chi connectivity index (χ1n) is 9.28. The van der Waals surface area contributed by atoms with Crippen LogP contribution in [-0.4, -0.2) is 26.2 Å². The number of carbonyl (C=O) groups is 1. The smallest absolute Gasteiger partial charge is 0.261 e. The predicted octanol–water partition coefficient (Wildman–Crippen LogP) is 4.44. The fourth-order valence-corrected chi connectivity index (χ4v) is 3.00. The molecule has 27 heavy (non-hydrogen) atoms. The Morgan fingerprint density at radius 1 is 0.963 bits per heavy atom. The highest BCUT2D eigenvalue weighted by atomic mass is 16.5. The number of carbonyl (C=O) groups excluding carboxylic acids is 1. The monoisotopic (exact) mass is 371 g/mol. The van der Waals surface area contributed by atoms with Gasteiger partial charge in [-0.05, 0) is 49.1 Å². The number of hydrogen-bond acceptors (Lipinski definition) is 4. The van der Waals surface area contributed by atoms with Crippen LogP contribution in [0.5, 0.6) is 17.2 Å². The van der Waals surface area contributed by atoms with E-state index in [2.05, 4.69) is 11.4 Å². The molecule has 0 unspecified atom stereocenters. The first kappa shape index (κ1) is 20.6. The number of rotatable bonds is 9. The minimum Gasteiger partial charge on any atom is -0.496 e. The van der Waals surface area contributed by atoms with Gasteiger partial charge in [0.2, 0.25) is 0 Å². The summed E-state index contributed by atoms with van der Waals surface area (Å²) in [6.45, 7) is 5.97. The average Bonchev–Trinajstić information content (AvgIpc) is 2.70. The first-order valence-corrected chi connectivity index (χ1v) is 9.28. The maximum Gasteiger partial charge on any atom is 0.261 e. The van der Waals surface area contributed by atoms with E-state index in [9.17, 15) is 4.79 Å². The van der Waals surface area contributed by atoms with Crippen molar-refractivity contribution in [2.45, 2.75) is 45.8 Å². The van der Waals surface area contributed by atoms with E-state index in [1.54, 1.807) is 20.3 Å². The second-order valence-corrected chi connectivity index (χ2v) is 6.36. The molecule has 0 spiro atoms. The molecule has 2 aromatic carbocycles. The fraction of sp³-hybridized carbons (Fsp3) is 0.409. The van der Waals surface area contributed by atoms with Crippen LogP contribution < -0.4 is 19.5 Å². The highest BCUT2D eigenvalue weighted by Gasteiger charge is 2.23. The summed E-state index contributed by atoms with van der Waals surface area (Å²) in [7, 11) is 3.24. The highest BCUT2D eigenvalue weighted by Crippen LogP contribution is 2.28. The van der Waals surface area contributed by atoms with Gasteiger partial charge in [-0.2, -0.15) is 0 Å². The molecule has 2 rings (SSSR count). The van der Waals surface area contributed by atoms with Crippen molar-refractivity contribution in [3.05, 3.63) is 53.6 Å². The molecule has 5 heteroatoms. The van der Waals surface area contributed by atoms with Gasteiger partial charge in [0, 0.05) is 0 Å². The third-order valence-corrected chi connectivity index (χ3v) is 4.55. The molecule has 0 bridgehead atoms. The summed E-state index contributed by atoms with van der Waals surface area (Å²) < 4.78 is 16.6. The van der Waals surface area contributed by atoms with Gasteiger partial charge >= 0.3 is 0 Å². The number of amides is 1. The van der Waals surface area contributed by atoms with Gasteiger partial charge in [0.15, 0.2) is 17.6 Å². The van der Waals surface area contributed by atoms with E-state index in [0.717, 1.165) is 23.3 Å². The van der Waals surface area contributed by atoms with Crippen LogP contribution in [0.25, 0.3) is 0 Å². The zero-order valence-corrected chi connectivity index (χ0v) is 16.7. The van der Waals surface area contributed by atoms with Crippen molar-refractivity contribution in [1.29, 1.82) is 0 Å². The molecule has 1 N–H and O–H groups in total. The van der Waals surface area contributed by atoms with E-state index in [-0.39, 0.29) is 11.9 Å². The van der Waals surface area contributed by atoms with E-state index < -0.39 is 6.10 Å². The molecular weight excluding hydrogens is 342 g/mol. The van der Waals surface area contributed by atoms with Gasteiger partial charge in [-0.25, -0.2) is 0 Å². The lowest BCUT2D eigenvalue weighted by Gasteiger charge is -2.23. The minimum atomic E-state index is -0.588. The topological polar surface area (TPSA) is 56.8 Å². The Hall–Kier alpha value is -2.69. The van der Waals surface area contributed by atoms with Crippen LogP contribution in [0.2, 0.25) is 0 Å². The Morgan fingerprint density at radius 3 is 2.19 bits per heavy atom. The van der Waals surface area contributed by atoms with Crippen LogP contribution in [-0.2, 0) is 4.79 Å². The zero-order valence-electron chi connectivity index (χ0n) is 16.7. The van der Waals surface area contributed by atoms with Crippen molar-refractivity contribution in [2.24, 2.45) is 0 Å². The lowest BCUT2D eigenvalue weighted by molar-refractivity contribution is -0.129. The van der Waals surface area contributed by atoms with Crippen LogP contribution in [0.4, 0.5) is 0 Å². The van der Waals surface area contributed by atoms with Crippen molar-refractivity contribution in [2.75, 3.05) is 14.2 Å². The molecule has 1 amide bonds. The number of methoxy groups -OCH3 is 2. The summed E-state index contributed by atoms with van der Waals surface area (Å²) in [5.74, 6) is 1.88. The third kappa shape index (κ3) is 5.16. The number of hydrogen-bond donors (Lipinski definition) is 1. The summed E-state index contributed by atoms with van der Waals surface area (Å²) in [4.78, 5) is 12.8. The molecule has 2 aromatic rings. The largest absolute Gasteiger partial charge is 0.496 e. The second-order valence-electron chi connectivity index (χ2n) is 6.36. The predicted molar refractivity (Wildman–Crippen MR) is 107 cm³/mol. The van der Waals surface area contributed by atoms with E-state index in [4.69, 9.17) is 14.2 Å². The maximum absolute atomic E-state index is 12.8. The summed E-state index contributed by atoms with van der Waals surface area (Å²) >= 11 is 0. The Morgan fingerprint density at radius 2 is 1.63 bits per heavy atom. The van der Waals surface area contributed by atoms with Crippen LogP contribution in [0.15, 0.2) is 42.5 Å². The number of para-hydroxylation sites is 2. The van der Waals surface area contributed by atoms with E-state index in [1.165, 1.54) is 0 Å². The van der Waals surface area contributed by atoms with Gasteiger partial charge in [-0.3, -0.25) is 4.79 Å². The van der Waals surface area contributed by atoms with Crippen molar-refractivity contribution in [3.63, 3.8) is 0 Å². The molecule has 0 aliphatic rings. The van der Waals surface area contributed by atoms with Gasteiger partial charge < -0.3 is 19.5 Å². The SMILES string of the molecule is CC[C@H](Oc1ccccc1OC)C(=O)N[C@H](CC)c1ccc(OC)c(C)c1. The number of nitrogens with one attached hydrogen (secondary N) is 1. The standard InChI is InChI=1S/C22H29NO4/c1-6-17(16-12-13-19(25-4)15(3)14-16)23-22(24)18(7-2)27-21-11-9-8-10-20(21)26-5/h8-14,17-18H,6-7H2,1-5H3,(H,23,24)/t17-,18+/m1/s1. The molecule has 2 atom stereocenters. The molecule has 0 radical (unpaired) electrons. The van der Waals surface area contributed by atoms with Gasteiger partial charge in [-0.15, -0.1) is 0 Å². The molecule has 0 aromatic heterocycles. The first-order chi connectivity index (χ1) is 13.0. The Kier molecular flexibility index (Phi) is 7.53. The van der Waals surface area contributed by atoms with Crippen LogP contribution in [0, 0.1) is 6.92 Å². The van der Waals surface area contributed by atoms with E-state index in [1.807, 2.05) is 51.1 Å². The summed E-state index contributed by atoms with van der Waals surface area (Å²) in [6, 6.07) is 13.2. The average molecular weight is 371 g/mol.